The minimum absolute atomic E-state index is 0.185. The molecule has 3 rings (SSSR count). The van der Waals surface area contributed by atoms with Crippen LogP contribution in [0.25, 0.3) is 0 Å². The molecule has 18 heavy (non-hydrogen) atoms. The minimum atomic E-state index is -0.185. The highest BCUT2D eigenvalue weighted by Gasteiger charge is 2.36. The predicted molar refractivity (Wildman–Crippen MR) is 71.2 cm³/mol. The Hall–Kier alpha value is -0.640. The van der Waals surface area contributed by atoms with Crippen molar-refractivity contribution in [2.75, 3.05) is 19.6 Å². The van der Waals surface area contributed by atoms with Gasteiger partial charge in [0.15, 0.2) is 0 Å². The average molecular weight is 269 g/mol. The Labute approximate surface area is 112 Å². The van der Waals surface area contributed by atoms with E-state index in [1.165, 1.54) is 18.9 Å². The van der Waals surface area contributed by atoms with E-state index in [9.17, 15) is 4.39 Å². The molecule has 2 fully saturated rings. The zero-order valence-electron chi connectivity index (χ0n) is 10.3. The monoisotopic (exact) mass is 268 g/mol. The van der Waals surface area contributed by atoms with Gasteiger partial charge in [-0.25, -0.2) is 4.39 Å². The maximum absolute atomic E-state index is 13.8. The fourth-order valence-electron chi connectivity index (χ4n) is 2.80. The topological polar surface area (TPSA) is 15.3 Å². The first-order valence-corrected chi connectivity index (χ1v) is 7.01. The van der Waals surface area contributed by atoms with Crippen molar-refractivity contribution in [3.05, 3.63) is 34.6 Å². The zero-order chi connectivity index (χ0) is 12.5. The van der Waals surface area contributed by atoms with E-state index in [-0.39, 0.29) is 5.82 Å². The third-order valence-corrected chi connectivity index (χ3v) is 4.34. The first-order chi connectivity index (χ1) is 8.75. The molecule has 0 aromatic heterocycles. The molecule has 1 aliphatic heterocycles. The normalized spacial score (nSPS) is 25.3. The van der Waals surface area contributed by atoms with E-state index in [1.54, 1.807) is 12.1 Å². The molecule has 1 aromatic rings. The number of halogens is 2. The molecule has 1 aromatic carbocycles. The van der Waals surface area contributed by atoms with Crippen molar-refractivity contribution < 1.29 is 4.39 Å². The summed E-state index contributed by atoms with van der Waals surface area (Å²) in [7, 11) is 0. The van der Waals surface area contributed by atoms with Gasteiger partial charge in [0.1, 0.15) is 5.82 Å². The van der Waals surface area contributed by atoms with E-state index in [1.807, 2.05) is 0 Å². The van der Waals surface area contributed by atoms with Crippen LogP contribution < -0.4 is 5.32 Å². The minimum Gasteiger partial charge on any atom is -0.314 e. The molecule has 1 atom stereocenters. The van der Waals surface area contributed by atoms with Gasteiger partial charge >= 0.3 is 0 Å². The third-order valence-electron chi connectivity index (χ3n) is 3.99. The highest BCUT2D eigenvalue weighted by molar-refractivity contribution is 6.31. The summed E-state index contributed by atoms with van der Waals surface area (Å²) in [5, 5.41) is 3.98. The number of hydrogen-bond donors (Lipinski definition) is 1. The highest BCUT2D eigenvalue weighted by Crippen LogP contribution is 2.36. The van der Waals surface area contributed by atoms with E-state index < -0.39 is 0 Å². The summed E-state index contributed by atoms with van der Waals surface area (Å²) in [6.45, 7) is 3.62. The Morgan fingerprint density at radius 2 is 2.22 bits per heavy atom. The van der Waals surface area contributed by atoms with Crippen LogP contribution in [0.5, 0.6) is 0 Å². The molecule has 0 bridgehead atoms. The maximum atomic E-state index is 13.8. The van der Waals surface area contributed by atoms with Crippen LogP contribution in [-0.4, -0.2) is 30.6 Å². The van der Waals surface area contributed by atoms with Gasteiger partial charge in [0.05, 0.1) is 0 Å². The van der Waals surface area contributed by atoms with Gasteiger partial charge < -0.3 is 5.32 Å². The van der Waals surface area contributed by atoms with Crippen molar-refractivity contribution in [3.63, 3.8) is 0 Å². The Morgan fingerprint density at radius 1 is 1.39 bits per heavy atom. The highest BCUT2D eigenvalue weighted by atomic mass is 35.5. The lowest BCUT2D eigenvalue weighted by Crippen LogP contribution is -2.51. The van der Waals surface area contributed by atoms with E-state index in [0.717, 1.165) is 25.6 Å². The van der Waals surface area contributed by atoms with E-state index >= 15 is 0 Å². The van der Waals surface area contributed by atoms with Crippen LogP contribution in [0.1, 0.15) is 18.4 Å². The van der Waals surface area contributed by atoms with Crippen LogP contribution in [0, 0.1) is 11.7 Å². The first-order valence-electron chi connectivity index (χ1n) is 6.63. The lowest BCUT2D eigenvalue weighted by molar-refractivity contribution is 0.134. The molecule has 1 unspecified atom stereocenters. The standard InChI is InChI=1S/C14H18ClFN2/c15-12-2-1-3-13(16)11(12)9-18-7-6-17-8-14(18)10-4-5-10/h1-3,10,14,17H,4-9H2. The number of nitrogens with zero attached hydrogens (tertiary/aromatic N) is 1. The van der Waals surface area contributed by atoms with Gasteiger partial charge in [0.2, 0.25) is 0 Å². The molecule has 0 spiro atoms. The second kappa shape index (κ2) is 5.16. The van der Waals surface area contributed by atoms with Crippen LogP contribution in [0.15, 0.2) is 18.2 Å². The fraction of sp³-hybridized carbons (Fsp3) is 0.571. The van der Waals surface area contributed by atoms with Gasteiger partial charge in [-0.1, -0.05) is 17.7 Å². The van der Waals surface area contributed by atoms with Crippen LogP contribution in [-0.2, 0) is 6.54 Å². The Morgan fingerprint density at radius 3 is 2.94 bits per heavy atom. The molecular formula is C14H18ClFN2. The van der Waals surface area contributed by atoms with Crippen molar-refractivity contribution in [2.24, 2.45) is 5.92 Å². The number of rotatable bonds is 3. The molecule has 1 aliphatic carbocycles. The molecule has 1 heterocycles. The van der Waals surface area contributed by atoms with Crippen molar-refractivity contribution in [1.29, 1.82) is 0 Å². The second-order valence-electron chi connectivity index (χ2n) is 5.28. The Bertz CT molecular complexity index is 414. The first kappa shape index (κ1) is 12.4. The Kier molecular flexibility index (Phi) is 3.55. The molecule has 1 saturated carbocycles. The van der Waals surface area contributed by atoms with Crippen molar-refractivity contribution in [1.82, 2.24) is 10.2 Å². The smallest absolute Gasteiger partial charge is 0.129 e. The molecule has 0 amide bonds. The van der Waals surface area contributed by atoms with Crippen molar-refractivity contribution >= 4 is 11.6 Å². The molecule has 0 radical (unpaired) electrons. The molecule has 2 aliphatic rings. The SMILES string of the molecule is Fc1cccc(Cl)c1CN1CCNCC1C1CC1. The summed E-state index contributed by atoms with van der Waals surface area (Å²) in [5.41, 5.74) is 0.645. The van der Waals surface area contributed by atoms with Gasteiger partial charge in [-0.2, -0.15) is 0 Å². The van der Waals surface area contributed by atoms with Crippen LogP contribution >= 0.6 is 11.6 Å². The van der Waals surface area contributed by atoms with Crippen LogP contribution in [0.4, 0.5) is 4.39 Å². The molecule has 2 nitrogen and oxygen atoms in total. The maximum Gasteiger partial charge on any atom is 0.129 e. The van der Waals surface area contributed by atoms with E-state index in [2.05, 4.69) is 10.2 Å². The summed E-state index contributed by atoms with van der Waals surface area (Å²) in [6, 6.07) is 5.48. The summed E-state index contributed by atoms with van der Waals surface area (Å²) in [4.78, 5) is 2.39. The lowest BCUT2D eigenvalue weighted by Gasteiger charge is -2.36. The second-order valence-corrected chi connectivity index (χ2v) is 5.69. The summed E-state index contributed by atoms with van der Waals surface area (Å²) in [6.07, 6.45) is 2.63. The van der Waals surface area contributed by atoms with Gasteiger partial charge in [-0.05, 0) is 30.9 Å². The molecule has 98 valence electrons. The van der Waals surface area contributed by atoms with Crippen LogP contribution in [0.3, 0.4) is 0 Å². The third kappa shape index (κ3) is 2.53. The van der Waals surface area contributed by atoms with Crippen molar-refractivity contribution in [2.45, 2.75) is 25.4 Å². The number of piperazine rings is 1. The van der Waals surface area contributed by atoms with E-state index in [0.29, 0.717) is 23.2 Å². The largest absolute Gasteiger partial charge is 0.314 e. The van der Waals surface area contributed by atoms with Gasteiger partial charge in [-0.3, -0.25) is 4.90 Å². The Balaban J connectivity index is 1.77. The predicted octanol–water partition coefficient (Wildman–Crippen LogP) is 2.66. The summed E-state index contributed by atoms with van der Waals surface area (Å²) >= 11 is 6.11. The molecule has 4 heteroatoms. The fourth-order valence-corrected chi connectivity index (χ4v) is 3.02. The zero-order valence-corrected chi connectivity index (χ0v) is 11.1. The van der Waals surface area contributed by atoms with Gasteiger partial charge in [-0.15, -0.1) is 0 Å². The average Bonchev–Trinajstić information content (AvgIpc) is 3.19. The van der Waals surface area contributed by atoms with Gasteiger partial charge in [0, 0.05) is 42.8 Å². The summed E-state index contributed by atoms with van der Waals surface area (Å²) in [5.74, 6) is 0.610. The quantitative estimate of drug-likeness (QED) is 0.907. The lowest BCUT2D eigenvalue weighted by atomic mass is 10.1. The molecule has 1 N–H and O–H groups in total. The van der Waals surface area contributed by atoms with Crippen molar-refractivity contribution in [3.8, 4) is 0 Å². The number of nitrogens with one attached hydrogen (secondary N) is 1. The van der Waals surface area contributed by atoms with Crippen LogP contribution in [0.2, 0.25) is 5.02 Å². The summed E-state index contributed by atoms with van der Waals surface area (Å²) < 4.78 is 13.8. The van der Waals surface area contributed by atoms with E-state index in [4.69, 9.17) is 11.6 Å². The number of hydrogen-bond acceptors (Lipinski definition) is 2. The molecule has 1 saturated heterocycles. The number of benzene rings is 1. The van der Waals surface area contributed by atoms with Gasteiger partial charge in [0.25, 0.3) is 0 Å². The molecular weight excluding hydrogens is 251 g/mol.